The van der Waals surface area contributed by atoms with Gasteiger partial charge >= 0.3 is 0 Å². The molecule has 2 heterocycles. The minimum atomic E-state index is -0.360. The third-order valence-corrected chi connectivity index (χ3v) is 6.03. The smallest absolute Gasteiger partial charge is 0.260 e. The van der Waals surface area contributed by atoms with Gasteiger partial charge in [0.15, 0.2) is 5.13 Å². The predicted molar refractivity (Wildman–Crippen MR) is 118 cm³/mol. The number of likely N-dealkylation sites (N-methyl/N-ethyl adjacent to an activating group) is 1. The van der Waals surface area contributed by atoms with Gasteiger partial charge in [0.2, 0.25) is 11.8 Å². The molecule has 3 amide bonds. The van der Waals surface area contributed by atoms with Gasteiger partial charge in [-0.3, -0.25) is 24.2 Å². The summed E-state index contributed by atoms with van der Waals surface area (Å²) in [5, 5.41) is 0.464. The monoisotopic (exact) mass is 440 g/mol. The van der Waals surface area contributed by atoms with Crippen molar-refractivity contribution < 1.29 is 18.8 Å². The summed E-state index contributed by atoms with van der Waals surface area (Å²) in [4.78, 5) is 46.8. The predicted octanol–water partition coefficient (Wildman–Crippen LogP) is 3.30. The van der Waals surface area contributed by atoms with Gasteiger partial charge in [0.1, 0.15) is 5.82 Å². The summed E-state index contributed by atoms with van der Waals surface area (Å²) in [7, 11) is 3.81. The summed E-state index contributed by atoms with van der Waals surface area (Å²) in [5.74, 6) is -1.21. The van der Waals surface area contributed by atoms with E-state index in [9.17, 15) is 18.8 Å². The lowest BCUT2D eigenvalue weighted by molar-refractivity contribution is -0.121. The molecule has 4 rings (SSSR count). The molecule has 0 N–H and O–H groups in total. The number of benzene rings is 2. The number of imide groups is 1. The Morgan fingerprint density at radius 2 is 1.84 bits per heavy atom. The number of fused-ring (bicyclic) bond motifs is 1. The van der Waals surface area contributed by atoms with Crippen molar-refractivity contribution in [1.82, 2.24) is 9.88 Å². The number of nitrogens with zero attached hydrogens (tertiary/aromatic N) is 4. The summed E-state index contributed by atoms with van der Waals surface area (Å²) in [6, 6.07) is 10.8. The molecule has 3 aromatic rings. The van der Waals surface area contributed by atoms with Crippen LogP contribution in [0.25, 0.3) is 10.2 Å². The van der Waals surface area contributed by atoms with Crippen molar-refractivity contribution in [3.05, 3.63) is 53.8 Å². The largest absolute Gasteiger partial charge is 0.308 e. The fraction of sp³-hybridized carbons (Fsp3) is 0.273. The van der Waals surface area contributed by atoms with Crippen LogP contribution in [-0.2, 0) is 9.59 Å². The molecule has 7 nitrogen and oxygen atoms in total. The second-order valence-corrected chi connectivity index (χ2v) is 8.55. The third-order valence-electron chi connectivity index (χ3n) is 4.99. The van der Waals surface area contributed by atoms with Crippen LogP contribution >= 0.6 is 11.3 Å². The number of rotatable bonds is 6. The molecule has 0 atom stereocenters. The van der Waals surface area contributed by atoms with Crippen molar-refractivity contribution >= 4 is 50.1 Å². The number of halogens is 1. The van der Waals surface area contributed by atoms with Crippen LogP contribution in [0, 0.1) is 5.82 Å². The van der Waals surface area contributed by atoms with Crippen molar-refractivity contribution in [2.24, 2.45) is 0 Å². The average Bonchev–Trinajstić information content (AvgIpc) is 3.30. The molecule has 2 aromatic carbocycles. The van der Waals surface area contributed by atoms with Crippen LogP contribution < -0.4 is 9.80 Å². The molecule has 160 valence electrons. The first-order chi connectivity index (χ1) is 14.8. The zero-order valence-corrected chi connectivity index (χ0v) is 18.0. The maximum atomic E-state index is 13.6. The van der Waals surface area contributed by atoms with Gasteiger partial charge in [-0.1, -0.05) is 17.4 Å². The molecule has 0 aliphatic carbocycles. The first-order valence-corrected chi connectivity index (χ1v) is 10.6. The van der Waals surface area contributed by atoms with Gasteiger partial charge < -0.3 is 4.90 Å². The molecule has 31 heavy (non-hydrogen) atoms. The van der Waals surface area contributed by atoms with Gasteiger partial charge in [0.05, 0.1) is 15.9 Å². The van der Waals surface area contributed by atoms with Crippen LogP contribution in [0.15, 0.2) is 42.5 Å². The van der Waals surface area contributed by atoms with Crippen molar-refractivity contribution in [1.29, 1.82) is 0 Å². The minimum Gasteiger partial charge on any atom is -0.308 e. The Morgan fingerprint density at radius 1 is 1.10 bits per heavy atom. The number of carbonyl (C=O) groups excluding carboxylic acids is 3. The SMILES string of the molecule is CN(C)CCN(C(=O)c1cccc(N2C(=O)CCC2=O)c1)c1nc2ccc(F)cc2s1. The molecule has 0 radical (unpaired) electrons. The van der Waals surface area contributed by atoms with E-state index in [-0.39, 0.29) is 36.4 Å². The number of thiazole rings is 1. The van der Waals surface area contributed by atoms with Crippen LogP contribution in [0.2, 0.25) is 0 Å². The molecule has 9 heteroatoms. The molecule has 0 unspecified atom stereocenters. The quantitative estimate of drug-likeness (QED) is 0.550. The van der Waals surface area contributed by atoms with Gasteiger partial charge in [0, 0.05) is 31.5 Å². The van der Waals surface area contributed by atoms with Crippen LogP contribution in [0.4, 0.5) is 15.2 Å². The zero-order chi connectivity index (χ0) is 22.1. The number of amides is 3. The molecular formula is C22H21FN4O3S. The molecule has 1 aliphatic rings. The first kappa shape index (κ1) is 21.1. The summed E-state index contributed by atoms with van der Waals surface area (Å²) in [5.41, 5.74) is 1.34. The Morgan fingerprint density at radius 3 is 2.55 bits per heavy atom. The van der Waals surface area contributed by atoms with Crippen LogP contribution in [-0.4, -0.2) is 54.8 Å². The van der Waals surface area contributed by atoms with Crippen molar-refractivity contribution in [3.8, 4) is 0 Å². The highest BCUT2D eigenvalue weighted by Gasteiger charge is 2.31. The highest BCUT2D eigenvalue weighted by atomic mass is 32.1. The van der Waals surface area contributed by atoms with E-state index in [4.69, 9.17) is 0 Å². The van der Waals surface area contributed by atoms with Gasteiger partial charge in [-0.05, 0) is 50.5 Å². The van der Waals surface area contributed by atoms with Crippen LogP contribution in [0.3, 0.4) is 0 Å². The minimum absolute atomic E-state index is 0.175. The van der Waals surface area contributed by atoms with Gasteiger partial charge in [0.25, 0.3) is 5.91 Å². The Labute approximate surface area is 182 Å². The molecule has 0 saturated carbocycles. The fourth-order valence-electron chi connectivity index (χ4n) is 3.38. The topological polar surface area (TPSA) is 73.8 Å². The van der Waals surface area contributed by atoms with E-state index in [0.717, 1.165) is 4.90 Å². The second-order valence-electron chi connectivity index (χ2n) is 7.54. The van der Waals surface area contributed by atoms with E-state index in [2.05, 4.69) is 4.98 Å². The molecule has 1 aliphatic heterocycles. The van der Waals surface area contributed by atoms with Crippen LogP contribution in [0.5, 0.6) is 0 Å². The average molecular weight is 441 g/mol. The fourth-order valence-corrected chi connectivity index (χ4v) is 4.40. The Hall–Kier alpha value is -3.17. The van der Waals surface area contributed by atoms with Gasteiger partial charge in [-0.25, -0.2) is 9.37 Å². The zero-order valence-electron chi connectivity index (χ0n) is 17.2. The Kier molecular flexibility index (Phi) is 5.79. The number of anilines is 2. The Bertz CT molecular complexity index is 1160. The maximum absolute atomic E-state index is 13.6. The lowest BCUT2D eigenvalue weighted by Gasteiger charge is -2.22. The van der Waals surface area contributed by atoms with E-state index < -0.39 is 0 Å². The number of hydrogen-bond acceptors (Lipinski definition) is 6. The lowest BCUT2D eigenvalue weighted by Crippen LogP contribution is -2.37. The van der Waals surface area contributed by atoms with Crippen LogP contribution in [0.1, 0.15) is 23.2 Å². The summed E-state index contributed by atoms with van der Waals surface area (Å²) in [6.45, 7) is 0.971. The van der Waals surface area contributed by atoms with E-state index in [1.165, 1.54) is 23.5 Å². The van der Waals surface area contributed by atoms with E-state index in [1.807, 2.05) is 19.0 Å². The lowest BCUT2D eigenvalue weighted by atomic mass is 10.1. The maximum Gasteiger partial charge on any atom is 0.260 e. The summed E-state index contributed by atoms with van der Waals surface area (Å²) < 4.78 is 14.3. The van der Waals surface area contributed by atoms with E-state index in [0.29, 0.717) is 39.7 Å². The molecule has 1 saturated heterocycles. The first-order valence-electron chi connectivity index (χ1n) is 9.82. The summed E-state index contributed by atoms with van der Waals surface area (Å²) in [6.07, 6.45) is 0.350. The highest BCUT2D eigenvalue weighted by molar-refractivity contribution is 7.22. The molecule has 0 spiro atoms. The Balaban J connectivity index is 1.69. The summed E-state index contributed by atoms with van der Waals surface area (Å²) >= 11 is 1.24. The standard InChI is InChI=1S/C22H21FN4O3S/c1-25(2)10-11-26(22-24-17-7-6-15(23)13-18(17)31-22)21(30)14-4-3-5-16(12-14)27-19(28)8-9-20(27)29/h3-7,12-13H,8-11H2,1-2H3. The van der Waals surface area contributed by atoms with Crippen molar-refractivity contribution in [2.75, 3.05) is 37.0 Å². The third kappa shape index (κ3) is 4.33. The highest BCUT2D eigenvalue weighted by Crippen LogP contribution is 2.31. The number of aromatic nitrogens is 1. The number of carbonyl (C=O) groups is 3. The van der Waals surface area contributed by atoms with Crippen molar-refractivity contribution in [3.63, 3.8) is 0 Å². The number of hydrogen-bond donors (Lipinski definition) is 0. The molecule has 1 fully saturated rings. The van der Waals surface area contributed by atoms with E-state index >= 15 is 0 Å². The molecular weight excluding hydrogens is 419 g/mol. The van der Waals surface area contributed by atoms with Crippen molar-refractivity contribution in [2.45, 2.75) is 12.8 Å². The van der Waals surface area contributed by atoms with Gasteiger partial charge in [-0.2, -0.15) is 0 Å². The second kappa shape index (κ2) is 8.52. The van der Waals surface area contributed by atoms with E-state index in [1.54, 1.807) is 35.2 Å². The molecule has 1 aromatic heterocycles. The normalized spacial score (nSPS) is 14.1. The van der Waals surface area contributed by atoms with Gasteiger partial charge in [-0.15, -0.1) is 0 Å². The molecule has 0 bridgehead atoms.